The molecule has 136 valence electrons. The van der Waals surface area contributed by atoms with E-state index in [9.17, 15) is 14.4 Å². The zero-order valence-electron chi connectivity index (χ0n) is 14.3. The van der Waals surface area contributed by atoms with Gasteiger partial charge >= 0.3 is 5.97 Å². The van der Waals surface area contributed by atoms with E-state index in [-0.39, 0.29) is 12.4 Å². The Morgan fingerprint density at radius 1 is 1.12 bits per heavy atom. The van der Waals surface area contributed by atoms with Gasteiger partial charge in [0.15, 0.2) is 18.5 Å². The van der Waals surface area contributed by atoms with Crippen LogP contribution in [-0.2, 0) is 14.3 Å². The molecule has 6 nitrogen and oxygen atoms in total. The predicted molar refractivity (Wildman–Crippen MR) is 97.6 cm³/mol. The second kappa shape index (κ2) is 9.01. The van der Waals surface area contributed by atoms with E-state index in [2.05, 4.69) is 5.32 Å². The summed E-state index contributed by atoms with van der Waals surface area (Å²) in [5.41, 5.74) is 0.915. The maximum atomic E-state index is 12.1. The van der Waals surface area contributed by atoms with Crippen molar-refractivity contribution in [3.8, 4) is 5.75 Å². The van der Waals surface area contributed by atoms with Gasteiger partial charge < -0.3 is 14.8 Å². The molecule has 0 unspecified atom stereocenters. The van der Waals surface area contributed by atoms with Gasteiger partial charge in [0.2, 0.25) is 0 Å². The lowest BCUT2D eigenvalue weighted by atomic mass is 10.1. The van der Waals surface area contributed by atoms with Crippen LogP contribution in [0.4, 0.5) is 5.69 Å². The van der Waals surface area contributed by atoms with E-state index >= 15 is 0 Å². The van der Waals surface area contributed by atoms with Gasteiger partial charge in [-0.25, -0.2) is 4.79 Å². The second-order valence-corrected chi connectivity index (χ2v) is 5.88. The van der Waals surface area contributed by atoms with Crippen molar-refractivity contribution in [3.63, 3.8) is 0 Å². The van der Waals surface area contributed by atoms with E-state index in [1.807, 2.05) is 0 Å². The molecule has 0 aliphatic carbocycles. The maximum absolute atomic E-state index is 12.1. The Bertz CT molecular complexity index is 821. The van der Waals surface area contributed by atoms with Crippen LogP contribution in [-0.4, -0.2) is 30.4 Å². The molecule has 0 saturated heterocycles. The number of ketones is 1. The number of rotatable bonds is 7. The highest BCUT2D eigenvalue weighted by molar-refractivity contribution is 6.32. The van der Waals surface area contributed by atoms with E-state index in [0.717, 1.165) is 0 Å². The molecule has 1 N–H and O–H groups in total. The minimum Gasteiger partial charge on any atom is -0.480 e. The number of Topliss-reactive ketones (excluding diaryl/α,β-unsaturated/α-hetero) is 1. The minimum atomic E-state index is -1.03. The summed E-state index contributed by atoms with van der Waals surface area (Å²) < 4.78 is 10.3. The van der Waals surface area contributed by atoms with Crippen LogP contribution in [0.3, 0.4) is 0 Å². The SMILES string of the molecule is CC(=O)c1cccc(NC(=O)[C@H](C)OC(=O)COc2ccccc2Cl)c1. The molecular weight excluding hydrogens is 358 g/mol. The molecule has 0 spiro atoms. The number of carbonyl (C=O) groups excluding carboxylic acids is 3. The molecule has 0 fully saturated rings. The molecule has 2 rings (SSSR count). The predicted octanol–water partition coefficient (Wildman–Crippen LogP) is 3.49. The highest BCUT2D eigenvalue weighted by Crippen LogP contribution is 2.23. The van der Waals surface area contributed by atoms with Crippen LogP contribution in [0.1, 0.15) is 24.2 Å². The lowest BCUT2D eigenvalue weighted by Gasteiger charge is -2.14. The molecule has 1 amide bonds. The van der Waals surface area contributed by atoms with E-state index < -0.39 is 18.0 Å². The van der Waals surface area contributed by atoms with Gasteiger partial charge in [-0.3, -0.25) is 9.59 Å². The quantitative estimate of drug-likeness (QED) is 0.591. The Balaban J connectivity index is 1.86. The second-order valence-electron chi connectivity index (χ2n) is 5.48. The zero-order chi connectivity index (χ0) is 19.1. The number of anilines is 1. The molecule has 2 aromatic rings. The number of para-hydroxylation sites is 1. The normalized spacial score (nSPS) is 11.3. The Hall–Kier alpha value is -2.86. The first-order valence-corrected chi connectivity index (χ1v) is 8.23. The average molecular weight is 376 g/mol. The number of hydrogen-bond acceptors (Lipinski definition) is 5. The van der Waals surface area contributed by atoms with E-state index in [0.29, 0.717) is 22.0 Å². The Kier molecular flexibility index (Phi) is 6.74. The number of esters is 1. The van der Waals surface area contributed by atoms with Crippen molar-refractivity contribution in [2.75, 3.05) is 11.9 Å². The number of hydrogen-bond donors (Lipinski definition) is 1. The van der Waals surface area contributed by atoms with Crippen molar-refractivity contribution in [2.24, 2.45) is 0 Å². The van der Waals surface area contributed by atoms with Crippen molar-refractivity contribution in [3.05, 3.63) is 59.1 Å². The fraction of sp³-hybridized carbons (Fsp3) is 0.211. The van der Waals surface area contributed by atoms with Crippen LogP contribution in [0.5, 0.6) is 5.75 Å². The highest BCUT2D eigenvalue weighted by atomic mass is 35.5. The molecule has 26 heavy (non-hydrogen) atoms. The van der Waals surface area contributed by atoms with Crippen molar-refractivity contribution >= 4 is 34.9 Å². The fourth-order valence-corrected chi connectivity index (χ4v) is 2.23. The van der Waals surface area contributed by atoms with Crippen LogP contribution in [0.25, 0.3) is 0 Å². The van der Waals surface area contributed by atoms with E-state index in [4.69, 9.17) is 21.1 Å². The van der Waals surface area contributed by atoms with Gasteiger partial charge in [0.1, 0.15) is 5.75 Å². The van der Waals surface area contributed by atoms with Gasteiger partial charge in [-0.05, 0) is 38.1 Å². The van der Waals surface area contributed by atoms with Crippen molar-refractivity contribution in [1.29, 1.82) is 0 Å². The minimum absolute atomic E-state index is 0.114. The average Bonchev–Trinajstić information content (AvgIpc) is 2.61. The van der Waals surface area contributed by atoms with Gasteiger partial charge in [-0.15, -0.1) is 0 Å². The third kappa shape index (κ3) is 5.60. The third-order valence-corrected chi connectivity index (χ3v) is 3.71. The summed E-state index contributed by atoms with van der Waals surface area (Å²) >= 11 is 5.92. The Morgan fingerprint density at radius 3 is 2.54 bits per heavy atom. The summed E-state index contributed by atoms with van der Waals surface area (Å²) in [6, 6.07) is 13.2. The number of halogens is 1. The first-order valence-electron chi connectivity index (χ1n) is 7.85. The molecule has 0 aliphatic heterocycles. The van der Waals surface area contributed by atoms with Crippen molar-refractivity contribution < 1.29 is 23.9 Å². The smallest absolute Gasteiger partial charge is 0.344 e. The summed E-state index contributed by atoms with van der Waals surface area (Å²) in [5, 5.41) is 2.97. The van der Waals surface area contributed by atoms with Gasteiger partial charge in [0.05, 0.1) is 5.02 Å². The van der Waals surface area contributed by atoms with Crippen LogP contribution in [0.2, 0.25) is 5.02 Å². The van der Waals surface area contributed by atoms with Crippen LogP contribution in [0.15, 0.2) is 48.5 Å². The summed E-state index contributed by atoms with van der Waals surface area (Å²) in [7, 11) is 0. The first-order chi connectivity index (χ1) is 12.4. The Morgan fingerprint density at radius 2 is 1.85 bits per heavy atom. The first kappa shape index (κ1) is 19.5. The van der Waals surface area contributed by atoms with Crippen LogP contribution in [0, 0.1) is 0 Å². The fourth-order valence-electron chi connectivity index (χ4n) is 2.04. The lowest BCUT2D eigenvalue weighted by Crippen LogP contribution is -2.31. The topological polar surface area (TPSA) is 81.7 Å². The van der Waals surface area contributed by atoms with Gasteiger partial charge in [0.25, 0.3) is 5.91 Å². The summed E-state index contributed by atoms with van der Waals surface area (Å²) in [5.74, 6) is -0.983. The molecule has 7 heteroatoms. The van der Waals surface area contributed by atoms with Crippen LogP contribution < -0.4 is 10.1 Å². The molecule has 0 aromatic heterocycles. The van der Waals surface area contributed by atoms with Crippen LogP contribution >= 0.6 is 11.6 Å². The molecule has 0 heterocycles. The molecule has 0 bridgehead atoms. The lowest BCUT2D eigenvalue weighted by molar-refractivity contribution is -0.155. The Labute approximate surface area is 156 Å². The number of benzene rings is 2. The van der Waals surface area contributed by atoms with E-state index in [1.165, 1.54) is 13.8 Å². The molecule has 1 atom stereocenters. The summed E-state index contributed by atoms with van der Waals surface area (Å²) in [4.78, 5) is 35.3. The third-order valence-electron chi connectivity index (χ3n) is 3.40. The molecular formula is C19H18ClNO5. The van der Waals surface area contributed by atoms with Gasteiger partial charge in [-0.1, -0.05) is 35.9 Å². The molecule has 0 radical (unpaired) electrons. The summed E-state index contributed by atoms with van der Waals surface area (Å²) in [6.07, 6.45) is -1.03. The molecule has 2 aromatic carbocycles. The summed E-state index contributed by atoms with van der Waals surface area (Å²) in [6.45, 7) is 2.50. The highest BCUT2D eigenvalue weighted by Gasteiger charge is 2.19. The number of ether oxygens (including phenoxy) is 2. The van der Waals surface area contributed by atoms with Crippen molar-refractivity contribution in [1.82, 2.24) is 0 Å². The van der Waals surface area contributed by atoms with E-state index in [1.54, 1.807) is 48.5 Å². The van der Waals surface area contributed by atoms with Gasteiger partial charge in [-0.2, -0.15) is 0 Å². The van der Waals surface area contributed by atoms with Crippen molar-refractivity contribution in [2.45, 2.75) is 20.0 Å². The van der Waals surface area contributed by atoms with Gasteiger partial charge in [0, 0.05) is 11.3 Å². The molecule has 0 saturated carbocycles. The largest absolute Gasteiger partial charge is 0.480 e. The molecule has 0 aliphatic rings. The number of carbonyl (C=O) groups is 3. The maximum Gasteiger partial charge on any atom is 0.344 e. The number of nitrogens with one attached hydrogen (secondary N) is 1. The standard InChI is InChI=1S/C19H18ClNO5/c1-12(22)14-6-5-7-15(10-14)21-19(24)13(2)26-18(23)11-25-17-9-4-3-8-16(17)20/h3-10,13H,11H2,1-2H3,(H,21,24)/t13-/m0/s1. The number of amides is 1. The zero-order valence-corrected chi connectivity index (χ0v) is 15.1. The monoisotopic (exact) mass is 375 g/mol.